The van der Waals surface area contributed by atoms with E-state index in [9.17, 15) is 9.59 Å². The van der Waals surface area contributed by atoms with Gasteiger partial charge in [-0.3, -0.25) is 9.59 Å². The van der Waals surface area contributed by atoms with Crippen molar-refractivity contribution in [3.8, 4) is 0 Å². The molecule has 0 saturated carbocycles. The number of nitrogens with one attached hydrogen (secondary N) is 1. The average Bonchev–Trinajstić information content (AvgIpc) is 2.71. The monoisotopic (exact) mass is 379 g/mol. The Labute approximate surface area is 167 Å². The highest BCUT2D eigenvalue weighted by molar-refractivity contribution is 5.99. The van der Waals surface area contributed by atoms with Crippen LogP contribution in [0.25, 0.3) is 0 Å². The summed E-state index contributed by atoms with van der Waals surface area (Å²) >= 11 is 0. The van der Waals surface area contributed by atoms with Crippen molar-refractivity contribution >= 4 is 17.5 Å². The molecule has 1 heterocycles. The molecule has 0 spiro atoms. The molecule has 3 rings (SSSR count). The Hall–Kier alpha value is -2.82. The van der Waals surface area contributed by atoms with E-state index in [0.717, 1.165) is 13.1 Å². The highest BCUT2D eigenvalue weighted by atomic mass is 16.2. The third-order valence-corrected chi connectivity index (χ3v) is 4.98. The number of rotatable bonds is 5. The molecule has 5 nitrogen and oxygen atoms in total. The summed E-state index contributed by atoms with van der Waals surface area (Å²) in [4.78, 5) is 29.4. The van der Waals surface area contributed by atoms with Gasteiger partial charge in [-0.15, -0.1) is 0 Å². The number of carbonyl (C=O) groups is 2. The van der Waals surface area contributed by atoms with E-state index in [1.54, 1.807) is 24.3 Å². The van der Waals surface area contributed by atoms with Crippen molar-refractivity contribution in [2.45, 2.75) is 20.8 Å². The summed E-state index contributed by atoms with van der Waals surface area (Å²) in [6.45, 7) is 9.79. The third-order valence-electron chi connectivity index (χ3n) is 4.98. The Morgan fingerprint density at radius 2 is 1.64 bits per heavy atom. The minimum absolute atomic E-state index is 0.0117. The molecule has 1 saturated heterocycles. The fraction of sp³-hybridized carbons (Fsp3) is 0.391. The van der Waals surface area contributed by atoms with Gasteiger partial charge in [-0.05, 0) is 48.7 Å². The van der Waals surface area contributed by atoms with Crippen molar-refractivity contribution in [2.24, 2.45) is 5.92 Å². The van der Waals surface area contributed by atoms with Gasteiger partial charge in [0.15, 0.2) is 0 Å². The molecule has 1 aliphatic heterocycles. The SMILES string of the molecule is Cc1cccc(N2CCN(C(=O)c3cccc(C(=O)NCC(C)C)c3)CC2)c1. The Balaban J connectivity index is 1.62. The van der Waals surface area contributed by atoms with Crippen molar-refractivity contribution in [1.29, 1.82) is 0 Å². The van der Waals surface area contributed by atoms with Gasteiger partial charge in [-0.25, -0.2) is 0 Å². The van der Waals surface area contributed by atoms with Crippen LogP contribution in [-0.4, -0.2) is 49.4 Å². The number of aryl methyl sites for hydroxylation is 1. The Morgan fingerprint density at radius 1 is 0.964 bits per heavy atom. The minimum Gasteiger partial charge on any atom is -0.368 e. The smallest absolute Gasteiger partial charge is 0.253 e. The standard InChI is InChI=1S/C23H29N3O2/c1-17(2)16-24-22(27)19-7-5-8-20(15-19)23(28)26-12-10-25(11-13-26)21-9-4-6-18(3)14-21/h4-9,14-15,17H,10-13,16H2,1-3H3,(H,24,27). The van der Waals surface area contributed by atoms with Gasteiger partial charge < -0.3 is 15.1 Å². The van der Waals surface area contributed by atoms with Crippen molar-refractivity contribution in [3.05, 3.63) is 65.2 Å². The van der Waals surface area contributed by atoms with Crippen LogP contribution < -0.4 is 10.2 Å². The quantitative estimate of drug-likeness (QED) is 0.867. The third kappa shape index (κ3) is 4.91. The highest BCUT2D eigenvalue weighted by Crippen LogP contribution is 2.19. The average molecular weight is 380 g/mol. The van der Waals surface area contributed by atoms with Crippen LogP contribution in [0.15, 0.2) is 48.5 Å². The first kappa shape index (κ1) is 19.9. The lowest BCUT2D eigenvalue weighted by atomic mass is 10.1. The molecule has 1 N–H and O–H groups in total. The van der Waals surface area contributed by atoms with Crippen LogP contribution in [0.5, 0.6) is 0 Å². The van der Waals surface area contributed by atoms with Gasteiger partial charge >= 0.3 is 0 Å². The van der Waals surface area contributed by atoms with Gasteiger partial charge in [0, 0.05) is 49.5 Å². The number of piperazine rings is 1. The van der Waals surface area contributed by atoms with E-state index in [1.165, 1.54) is 11.3 Å². The number of amides is 2. The molecule has 1 fully saturated rings. The molecular formula is C23H29N3O2. The van der Waals surface area contributed by atoms with Crippen molar-refractivity contribution in [2.75, 3.05) is 37.6 Å². The number of hydrogen-bond donors (Lipinski definition) is 1. The lowest BCUT2D eigenvalue weighted by molar-refractivity contribution is 0.0747. The maximum absolute atomic E-state index is 12.9. The van der Waals surface area contributed by atoms with Gasteiger partial charge in [-0.2, -0.15) is 0 Å². The maximum Gasteiger partial charge on any atom is 0.253 e. The first-order chi connectivity index (χ1) is 13.4. The van der Waals surface area contributed by atoms with E-state index >= 15 is 0 Å². The van der Waals surface area contributed by atoms with Gasteiger partial charge in [0.2, 0.25) is 0 Å². The summed E-state index contributed by atoms with van der Waals surface area (Å²) in [5, 5.41) is 2.90. The van der Waals surface area contributed by atoms with Crippen LogP contribution in [0, 0.1) is 12.8 Å². The molecule has 5 heteroatoms. The van der Waals surface area contributed by atoms with Gasteiger partial charge in [0.25, 0.3) is 11.8 Å². The summed E-state index contributed by atoms with van der Waals surface area (Å²) < 4.78 is 0. The molecule has 148 valence electrons. The van der Waals surface area contributed by atoms with E-state index in [1.807, 2.05) is 4.90 Å². The molecule has 0 bridgehead atoms. The normalized spacial score (nSPS) is 14.3. The number of hydrogen-bond acceptors (Lipinski definition) is 3. The minimum atomic E-state index is -0.132. The summed E-state index contributed by atoms with van der Waals surface area (Å²) in [5.41, 5.74) is 3.55. The number of anilines is 1. The lowest BCUT2D eigenvalue weighted by Gasteiger charge is -2.36. The van der Waals surface area contributed by atoms with Crippen LogP contribution in [0.1, 0.15) is 40.1 Å². The molecule has 0 radical (unpaired) electrons. The van der Waals surface area contributed by atoms with Gasteiger partial charge in [0.1, 0.15) is 0 Å². The number of benzene rings is 2. The molecule has 2 aromatic rings. The fourth-order valence-electron chi connectivity index (χ4n) is 3.37. The van der Waals surface area contributed by atoms with E-state index in [2.05, 4.69) is 55.3 Å². The van der Waals surface area contributed by atoms with Crippen molar-refractivity contribution in [1.82, 2.24) is 10.2 Å². The van der Waals surface area contributed by atoms with Crippen LogP contribution in [0.4, 0.5) is 5.69 Å². The molecule has 0 atom stereocenters. The highest BCUT2D eigenvalue weighted by Gasteiger charge is 2.23. The predicted molar refractivity (Wildman–Crippen MR) is 113 cm³/mol. The van der Waals surface area contributed by atoms with Gasteiger partial charge in [0.05, 0.1) is 0 Å². The van der Waals surface area contributed by atoms with E-state index in [-0.39, 0.29) is 11.8 Å². The second-order valence-corrected chi connectivity index (χ2v) is 7.80. The Kier molecular flexibility index (Phi) is 6.34. The Morgan fingerprint density at radius 3 is 2.32 bits per heavy atom. The zero-order valence-corrected chi connectivity index (χ0v) is 16.9. The second-order valence-electron chi connectivity index (χ2n) is 7.80. The maximum atomic E-state index is 12.9. The summed E-state index contributed by atoms with van der Waals surface area (Å²) in [6.07, 6.45) is 0. The van der Waals surface area contributed by atoms with Crippen LogP contribution in [0.2, 0.25) is 0 Å². The second kappa shape index (κ2) is 8.91. The summed E-state index contributed by atoms with van der Waals surface area (Å²) in [6, 6.07) is 15.5. The van der Waals surface area contributed by atoms with Crippen LogP contribution in [-0.2, 0) is 0 Å². The number of nitrogens with zero attached hydrogens (tertiary/aromatic N) is 2. The molecule has 2 aromatic carbocycles. The lowest BCUT2D eigenvalue weighted by Crippen LogP contribution is -2.48. The van der Waals surface area contributed by atoms with E-state index < -0.39 is 0 Å². The van der Waals surface area contributed by atoms with Crippen molar-refractivity contribution in [3.63, 3.8) is 0 Å². The van der Waals surface area contributed by atoms with Crippen LogP contribution >= 0.6 is 0 Å². The Bertz CT molecular complexity index is 839. The van der Waals surface area contributed by atoms with Crippen LogP contribution in [0.3, 0.4) is 0 Å². The topological polar surface area (TPSA) is 52.7 Å². The molecule has 1 aliphatic rings. The zero-order chi connectivity index (χ0) is 20.1. The summed E-state index contributed by atoms with van der Waals surface area (Å²) in [5.74, 6) is 0.244. The van der Waals surface area contributed by atoms with E-state index in [0.29, 0.717) is 36.7 Å². The largest absolute Gasteiger partial charge is 0.368 e. The molecule has 0 aromatic heterocycles. The molecular weight excluding hydrogens is 350 g/mol. The first-order valence-corrected chi connectivity index (χ1v) is 9.93. The van der Waals surface area contributed by atoms with Gasteiger partial charge in [-0.1, -0.05) is 32.0 Å². The molecule has 28 heavy (non-hydrogen) atoms. The van der Waals surface area contributed by atoms with E-state index in [4.69, 9.17) is 0 Å². The molecule has 0 aliphatic carbocycles. The van der Waals surface area contributed by atoms with Crippen molar-refractivity contribution < 1.29 is 9.59 Å². The fourth-order valence-corrected chi connectivity index (χ4v) is 3.37. The molecule has 2 amide bonds. The number of carbonyl (C=O) groups excluding carboxylic acids is 2. The predicted octanol–water partition coefficient (Wildman–Crippen LogP) is 3.34. The zero-order valence-electron chi connectivity index (χ0n) is 16.9. The summed E-state index contributed by atoms with van der Waals surface area (Å²) in [7, 11) is 0. The molecule has 0 unspecified atom stereocenters. The first-order valence-electron chi connectivity index (χ1n) is 9.93.